The van der Waals surface area contributed by atoms with Crippen molar-refractivity contribution in [1.29, 1.82) is 0 Å². The molecule has 128 valence electrons. The lowest BCUT2D eigenvalue weighted by atomic mass is 10.3. The molecule has 0 fully saturated rings. The van der Waals surface area contributed by atoms with Gasteiger partial charge in [-0.3, -0.25) is 9.59 Å². The van der Waals surface area contributed by atoms with Gasteiger partial charge in [0.15, 0.2) is 11.5 Å². The fraction of sp³-hybridized carbons (Fsp3) is 0.308. The maximum atomic E-state index is 12.5. The molecule has 8 nitrogen and oxygen atoms in total. The third kappa shape index (κ3) is 4.51. The van der Waals surface area contributed by atoms with Crippen LogP contribution in [0, 0.1) is 0 Å². The third-order valence-corrected chi connectivity index (χ3v) is 2.92. The normalized spacial score (nSPS) is 11.3. The lowest BCUT2D eigenvalue weighted by Gasteiger charge is -2.06. The van der Waals surface area contributed by atoms with E-state index in [2.05, 4.69) is 20.6 Å². The van der Waals surface area contributed by atoms with Crippen LogP contribution in [0.2, 0.25) is 0 Å². The Balaban J connectivity index is 1.99. The summed E-state index contributed by atoms with van der Waals surface area (Å²) in [5.74, 6) is -0.913. The van der Waals surface area contributed by atoms with Crippen molar-refractivity contribution in [1.82, 2.24) is 25.3 Å². The molecule has 0 radical (unpaired) electrons. The maximum Gasteiger partial charge on any atom is 0.417 e. The first-order valence-electron chi connectivity index (χ1n) is 6.80. The average molecular weight is 342 g/mol. The largest absolute Gasteiger partial charge is 0.417 e. The third-order valence-electron chi connectivity index (χ3n) is 2.92. The molecule has 2 amide bonds. The van der Waals surface area contributed by atoms with Crippen LogP contribution < -0.4 is 11.1 Å². The number of hydrogen-bond acceptors (Lipinski definition) is 5. The molecule has 0 spiro atoms. The molecule has 0 aliphatic carbocycles. The minimum atomic E-state index is -4.48. The fourth-order valence-corrected chi connectivity index (χ4v) is 1.72. The van der Waals surface area contributed by atoms with Crippen LogP contribution >= 0.6 is 0 Å². The number of aromatic nitrogens is 4. The molecule has 11 heteroatoms. The lowest BCUT2D eigenvalue weighted by molar-refractivity contribution is -0.137. The number of pyridine rings is 1. The van der Waals surface area contributed by atoms with E-state index in [1.54, 1.807) is 0 Å². The number of primary amides is 1. The van der Waals surface area contributed by atoms with E-state index < -0.39 is 23.6 Å². The second kappa shape index (κ2) is 7.06. The lowest BCUT2D eigenvalue weighted by Crippen LogP contribution is -2.25. The zero-order chi connectivity index (χ0) is 17.7. The highest BCUT2D eigenvalue weighted by Crippen LogP contribution is 2.28. The molecule has 2 aromatic rings. The Morgan fingerprint density at radius 1 is 1.29 bits per heavy atom. The Hall–Kier alpha value is -2.98. The molecule has 0 atom stereocenters. The molecule has 24 heavy (non-hydrogen) atoms. The first-order chi connectivity index (χ1) is 11.3. The summed E-state index contributed by atoms with van der Waals surface area (Å²) in [6.45, 7) is 0.229. The van der Waals surface area contributed by atoms with Crippen molar-refractivity contribution in [3.63, 3.8) is 0 Å². The second-order valence-electron chi connectivity index (χ2n) is 4.78. The number of nitrogens with zero attached hydrogens (tertiary/aromatic N) is 4. The molecule has 2 rings (SSSR count). The monoisotopic (exact) mass is 342 g/mol. The van der Waals surface area contributed by atoms with Gasteiger partial charge in [0, 0.05) is 19.2 Å². The zero-order valence-electron chi connectivity index (χ0n) is 12.2. The van der Waals surface area contributed by atoms with Crippen LogP contribution in [-0.4, -0.2) is 38.3 Å². The smallest absolute Gasteiger partial charge is 0.370 e. The van der Waals surface area contributed by atoms with Crippen molar-refractivity contribution >= 4 is 11.8 Å². The van der Waals surface area contributed by atoms with Crippen LogP contribution in [0.4, 0.5) is 13.2 Å². The highest BCUT2D eigenvalue weighted by Gasteiger charge is 2.30. The summed E-state index contributed by atoms with van der Waals surface area (Å²) in [5, 5.41) is 9.78. The number of carbonyl (C=O) groups excluding carboxylic acids is 2. The van der Waals surface area contributed by atoms with Gasteiger partial charge in [0.2, 0.25) is 5.91 Å². The molecule has 0 aliphatic rings. The highest BCUT2D eigenvalue weighted by atomic mass is 19.4. The first-order valence-corrected chi connectivity index (χ1v) is 6.80. The Bertz CT molecular complexity index is 726. The van der Waals surface area contributed by atoms with Crippen LogP contribution in [0.25, 0.3) is 5.82 Å². The maximum absolute atomic E-state index is 12.5. The molecule has 0 unspecified atom stereocenters. The summed E-state index contributed by atoms with van der Waals surface area (Å²) in [6, 6.07) is 1.97. The van der Waals surface area contributed by atoms with E-state index in [-0.39, 0.29) is 24.5 Å². The molecule has 0 aromatic carbocycles. The van der Waals surface area contributed by atoms with Crippen molar-refractivity contribution < 1.29 is 22.8 Å². The summed E-state index contributed by atoms with van der Waals surface area (Å²) < 4.78 is 38.5. The van der Waals surface area contributed by atoms with Crippen molar-refractivity contribution in [3.8, 4) is 5.82 Å². The number of alkyl halides is 3. The van der Waals surface area contributed by atoms with Gasteiger partial charge < -0.3 is 11.1 Å². The van der Waals surface area contributed by atoms with Crippen molar-refractivity contribution in [3.05, 3.63) is 35.8 Å². The molecule has 0 saturated heterocycles. The van der Waals surface area contributed by atoms with Gasteiger partial charge in [-0.1, -0.05) is 5.21 Å². The molecule has 0 saturated carbocycles. The average Bonchev–Trinajstić information content (AvgIpc) is 3.00. The van der Waals surface area contributed by atoms with Crippen molar-refractivity contribution in [2.75, 3.05) is 6.54 Å². The van der Waals surface area contributed by atoms with E-state index in [0.717, 1.165) is 16.8 Å². The van der Waals surface area contributed by atoms with Crippen LogP contribution in [0.5, 0.6) is 0 Å². The number of nitrogens with two attached hydrogens (primary N) is 1. The van der Waals surface area contributed by atoms with Gasteiger partial charge in [0.05, 0.1) is 11.8 Å². The Kier molecular flexibility index (Phi) is 5.11. The minimum absolute atomic E-state index is 0.0317. The summed E-state index contributed by atoms with van der Waals surface area (Å²) in [5.41, 5.74) is 4.05. The number of carbonyl (C=O) groups is 2. The van der Waals surface area contributed by atoms with Gasteiger partial charge in [-0.15, -0.1) is 5.10 Å². The van der Waals surface area contributed by atoms with Crippen LogP contribution in [0.1, 0.15) is 28.9 Å². The molecule has 3 N–H and O–H groups in total. The highest BCUT2D eigenvalue weighted by molar-refractivity contribution is 5.91. The number of halogens is 3. The van der Waals surface area contributed by atoms with E-state index >= 15 is 0 Å². The van der Waals surface area contributed by atoms with Crippen LogP contribution in [0.3, 0.4) is 0 Å². The van der Waals surface area contributed by atoms with Crippen molar-refractivity contribution in [2.24, 2.45) is 5.73 Å². The van der Waals surface area contributed by atoms with Gasteiger partial charge >= 0.3 is 6.18 Å². The molecule has 0 bridgehead atoms. The molecular weight excluding hydrogens is 329 g/mol. The van der Waals surface area contributed by atoms with Gasteiger partial charge in [-0.25, -0.2) is 9.67 Å². The SMILES string of the molecule is NC(=O)CCCNC(=O)c1cn(-c2ccc(C(F)(F)F)cn2)nn1. The standard InChI is InChI=1S/C13H13F3N6O2/c14-13(15,16)8-3-4-11(19-6-8)22-7-9(20-21-22)12(24)18-5-1-2-10(17)23/h3-4,6-7H,1-2,5H2,(H2,17,23)(H,18,24). The number of hydrogen-bond donors (Lipinski definition) is 2. The summed E-state index contributed by atoms with van der Waals surface area (Å²) in [7, 11) is 0. The molecular formula is C13H13F3N6O2. The van der Waals surface area contributed by atoms with Gasteiger partial charge in [0.1, 0.15) is 0 Å². The van der Waals surface area contributed by atoms with E-state index in [1.165, 1.54) is 6.20 Å². The second-order valence-corrected chi connectivity index (χ2v) is 4.78. The van der Waals surface area contributed by atoms with Gasteiger partial charge in [-0.2, -0.15) is 13.2 Å². The topological polar surface area (TPSA) is 116 Å². The molecule has 2 aromatic heterocycles. The van der Waals surface area contributed by atoms with E-state index in [9.17, 15) is 22.8 Å². The van der Waals surface area contributed by atoms with E-state index in [4.69, 9.17) is 5.73 Å². The predicted octanol–water partition coefficient (Wildman–Crippen LogP) is 0.676. The summed E-state index contributed by atoms with van der Waals surface area (Å²) >= 11 is 0. The van der Waals surface area contributed by atoms with Crippen LogP contribution in [0.15, 0.2) is 24.5 Å². The van der Waals surface area contributed by atoms with Crippen molar-refractivity contribution in [2.45, 2.75) is 19.0 Å². The summed E-state index contributed by atoms with van der Waals surface area (Å²) in [6.07, 6.45) is -2.05. The number of nitrogens with one attached hydrogen (secondary N) is 1. The summed E-state index contributed by atoms with van der Waals surface area (Å²) in [4.78, 5) is 26.0. The van der Waals surface area contributed by atoms with E-state index in [1.807, 2.05) is 0 Å². The number of rotatable bonds is 6. The predicted molar refractivity (Wildman–Crippen MR) is 74.9 cm³/mol. The fourth-order valence-electron chi connectivity index (χ4n) is 1.72. The zero-order valence-corrected chi connectivity index (χ0v) is 12.2. The Labute approximate surface area is 133 Å². The Morgan fingerprint density at radius 3 is 2.62 bits per heavy atom. The van der Waals surface area contributed by atoms with Gasteiger partial charge in [-0.05, 0) is 18.6 Å². The Morgan fingerprint density at radius 2 is 2.04 bits per heavy atom. The first kappa shape index (κ1) is 17.4. The quantitative estimate of drug-likeness (QED) is 0.749. The molecule has 0 aliphatic heterocycles. The minimum Gasteiger partial charge on any atom is -0.370 e. The van der Waals surface area contributed by atoms with Gasteiger partial charge in [0.25, 0.3) is 5.91 Å². The van der Waals surface area contributed by atoms with E-state index in [0.29, 0.717) is 12.6 Å². The van der Waals surface area contributed by atoms with Crippen LogP contribution in [-0.2, 0) is 11.0 Å². The molecule has 2 heterocycles. The number of amides is 2.